The number of rotatable bonds is 0. The van der Waals surface area contributed by atoms with Gasteiger partial charge in [-0.25, -0.2) is 0 Å². The third kappa shape index (κ3) is 1.23. The Kier molecular flexibility index (Phi) is 1.86. The second kappa shape index (κ2) is 2.28. The first kappa shape index (κ1) is 8.16. The minimum Gasteiger partial charge on any atom is -0.367 e. The number of hydrogen-bond acceptors (Lipinski definition) is 3. The fraction of sp³-hybridized carbons (Fsp3) is 1.00. The monoisotopic (exact) mass is 173 g/mol. The Morgan fingerprint density at radius 2 is 2.10 bits per heavy atom. The normalized spacial score (nSPS) is 34.8. The van der Waals surface area contributed by atoms with Gasteiger partial charge in [0.1, 0.15) is 0 Å². The van der Waals surface area contributed by atoms with Crippen LogP contribution in [0.1, 0.15) is 0 Å². The van der Waals surface area contributed by atoms with E-state index >= 15 is 0 Å². The molecule has 6 heteroatoms. The molecular weight excluding hydrogens is 167 g/mol. The van der Waals surface area contributed by atoms with Gasteiger partial charge in [0.05, 0.1) is 0 Å². The molecular formula is C4H6F3NOS. The van der Waals surface area contributed by atoms with Crippen LogP contribution in [0.3, 0.4) is 0 Å². The van der Waals surface area contributed by atoms with E-state index in [1.54, 1.807) is 0 Å². The second-order valence-electron chi connectivity index (χ2n) is 2.03. The van der Waals surface area contributed by atoms with Crippen molar-refractivity contribution in [1.82, 2.24) is 5.32 Å². The Hall–Kier alpha value is 0.0600. The third-order valence-electron chi connectivity index (χ3n) is 1.25. The van der Waals surface area contributed by atoms with Gasteiger partial charge in [-0.3, -0.25) is 5.32 Å². The molecule has 2 N–H and O–H groups in total. The summed E-state index contributed by atoms with van der Waals surface area (Å²) < 4.78 is 35.5. The van der Waals surface area contributed by atoms with Crippen molar-refractivity contribution in [2.75, 3.05) is 11.6 Å². The zero-order valence-corrected chi connectivity index (χ0v) is 5.72. The molecule has 0 aromatic rings. The quantitative estimate of drug-likeness (QED) is 0.560. The number of nitrogens with one attached hydrogen (secondary N) is 1. The Balaban J connectivity index is 2.67. The topological polar surface area (TPSA) is 32.3 Å². The van der Waals surface area contributed by atoms with Crippen molar-refractivity contribution in [2.45, 2.75) is 11.9 Å². The number of hydrogen-bond donors (Lipinski definition) is 2. The van der Waals surface area contributed by atoms with Crippen LogP contribution in [0, 0.1) is 0 Å². The van der Waals surface area contributed by atoms with Crippen molar-refractivity contribution in [1.29, 1.82) is 0 Å². The SMILES string of the molecule is OC1(C(F)(F)F)CSCN1. The van der Waals surface area contributed by atoms with Crippen LogP contribution in [-0.4, -0.2) is 28.6 Å². The minimum atomic E-state index is -4.56. The number of aliphatic hydroxyl groups is 1. The van der Waals surface area contributed by atoms with Crippen molar-refractivity contribution < 1.29 is 18.3 Å². The molecule has 1 rings (SSSR count). The molecule has 2 nitrogen and oxygen atoms in total. The van der Waals surface area contributed by atoms with E-state index in [9.17, 15) is 13.2 Å². The molecule has 0 spiro atoms. The Bertz CT molecular complexity index is 131. The van der Waals surface area contributed by atoms with Crippen LogP contribution in [0.15, 0.2) is 0 Å². The van der Waals surface area contributed by atoms with E-state index in [1.807, 2.05) is 5.32 Å². The van der Waals surface area contributed by atoms with Gasteiger partial charge < -0.3 is 5.11 Å². The van der Waals surface area contributed by atoms with Crippen LogP contribution in [0.2, 0.25) is 0 Å². The molecule has 0 aromatic carbocycles. The maximum Gasteiger partial charge on any atom is 0.431 e. The van der Waals surface area contributed by atoms with E-state index in [0.717, 1.165) is 11.8 Å². The average Bonchev–Trinajstić information content (AvgIpc) is 2.13. The fourth-order valence-electron chi connectivity index (χ4n) is 0.602. The highest BCUT2D eigenvalue weighted by molar-refractivity contribution is 7.99. The highest BCUT2D eigenvalue weighted by Crippen LogP contribution is 2.34. The highest BCUT2D eigenvalue weighted by atomic mass is 32.2. The molecule has 0 amide bonds. The van der Waals surface area contributed by atoms with Crippen LogP contribution in [0.25, 0.3) is 0 Å². The average molecular weight is 173 g/mol. The Labute approximate surface area is 59.8 Å². The zero-order chi connectivity index (χ0) is 7.83. The molecule has 60 valence electrons. The molecule has 1 atom stereocenters. The summed E-state index contributed by atoms with van der Waals surface area (Å²) in [6.07, 6.45) is -4.56. The lowest BCUT2D eigenvalue weighted by molar-refractivity contribution is -0.258. The Morgan fingerprint density at radius 1 is 1.50 bits per heavy atom. The predicted octanol–water partition coefficient (Wildman–Crippen LogP) is 0.531. The molecule has 0 aromatic heterocycles. The predicted molar refractivity (Wildman–Crippen MR) is 31.5 cm³/mol. The van der Waals surface area contributed by atoms with Gasteiger partial charge in [0, 0.05) is 11.6 Å². The lowest BCUT2D eigenvalue weighted by Crippen LogP contribution is -2.54. The van der Waals surface area contributed by atoms with Crippen LogP contribution in [0.5, 0.6) is 0 Å². The molecule has 1 aliphatic rings. The van der Waals surface area contributed by atoms with E-state index in [2.05, 4.69) is 0 Å². The van der Waals surface area contributed by atoms with Gasteiger partial charge in [-0.05, 0) is 0 Å². The number of thioether (sulfide) groups is 1. The first-order valence-electron chi connectivity index (χ1n) is 2.58. The lowest BCUT2D eigenvalue weighted by Gasteiger charge is -2.24. The maximum atomic E-state index is 11.8. The molecule has 10 heavy (non-hydrogen) atoms. The third-order valence-corrected chi connectivity index (χ3v) is 2.22. The summed E-state index contributed by atoms with van der Waals surface area (Å²) in [4.78, 5) is 0. The van der Waals surface area contributed by atoms with Crippen molar-refractivity contribution in [2.24, 2.45) is 0 Å². The van der Waals surface area contributed by atoms with Gasteiger partial charge in [-0.2, -0.15) is 13.2 Å². The number of alkyl halides is 3. The van der Waals surface area contributed by atoms with Gasteiger partial charge in [0.25, 0.3) is 0 Å². The molecule has 1 heterocycles. The summed E-state index contributed by atoms with van der Waals surface area (Å²) in [5, 5.41) is 10.7. The van der Waals surface area contributed by atoms with Gasteiger partial charge in [-0.1, -0.05) is 0 Å². The Morgan fingerprint density at radius 3 is 2.30 bits per heavy atom. The minimum absolute atomic E-state index is 0.149. The molecule has 1 saturated heterocycles. The molecule has 1 fully saturated rings. The van der Waals surface area contributed by atoms with Gasteiger partial charge in [0.2, 0.25) is 5.72 Å². The fourth-order valence-corrected chi connectivity index (χ4v) is 1.61. The van der Waals surface area contributed by atoms with Crippen LogP contribution >= 0.6 is 11.8 Å². The molecule has 0 saturated carbocycles. The molecule has 1 unspecified atom stereocenters. The largest absolute Gasteiger partial charge is 0.431 e. The molecule has 0 bridgehead atoms. The van der Waals surface area contributed by atoms with E-state index in [0.29, 0.717) is 0 Å². The summed E-state index contributed by atoms with van der Waals surface area (Å²) in [5.41, 5.74) is -2.66. The van der Waals surface area contributed by atoms with Crippen molar-refractivity contribution in [3.05, 3.63) is 0 Å². The zero-order valence-electron chi connectivity index (χ0n) is 4.90. The van der Waals surface area contributed by atoms with Crippen molar-refractivity contribution in [3.63, 3.8) is 0 Å². The summed E-state index contributed by atoms with van der Waals surface area (Å²) >= 11 is 1.03. The molecule has 0 radical (unpaired) electrons. The van der Waals surface area contributed by atoms with Crippen molar-refractivity contribution >= 4 is 11.8 Å². The van der Waals surface area contributed by atoms with Crippen LogP contribution < -0.4 is 5.32 Å². The van der Waals surface area contributed by atoms with Crippen LogP contribution in [-0.2, 0) is 0 Å². The summed E-state index contributed by atoms with van der Waals surface area (Å²) in [6.45, 7) is 0. The van der Waals surface area contributed by atoms with E-state index in [1.165, 1.54) is 0 Å². The second-order valence-corrected chi connectivity index (χ2v) is 3.01. The molecule has 0 aliphatic carbocycles. The first-order chi connectivity index (χ1) is 4.46. The first-order valence-corrected chi connectivity index (χ1v) is 3.73. The van der Waals surface area contributed by atoms with Gasteiger partial charge in [-0.15, -0.1) is 11.8 Å². The smallest absolute Gasteiger partial charge is 0.367 e. The standard InChI is InChI=1S/C4H6F3NOS/c5-4(6,7)3(9)1-10-2-8-3/h8-9H,1-2H2. The highest BCUT2D eigenvalue weighted by Gasteiger charge is 2.55. The van der Waals surface area contributed by atoms with Crippen LogP contribution in [0.4, 0.5) is 13.2 Å². The maximum absolute atomic E-state index is 11.8. The van der Waals surface area contributed by atoms with E-state index < -0.39 is 11.9 Å². The van der Waals surface area contributed by atoms with Gasteiger partial charge in [0.15, 0.2) is 0 Å². The summed E-state index contributed by atoms with van der Waals surface area (Å²) in [5.74, 6) is -0.174. The lowest BCUT2D eigenvalue weighted by atomic mass is 10.2. The van der Waals surface area contributed by atoms with E-state index in [4.69, 9.17) is 5.11 Å². The number of halogens is 3. The molecule has 1 aliphatic heterocycles. The summed E-state index contributed by atoms with van der Waals surface area (Å²) in [7, 11) is 0. The van der Waals surface area contributed by atoms with E-state index in [-0.39, 0.29) is 11.6 Å². The summed E-state index contributed by atoms with van der Waals surface area (Å²) in [6, 6.07) is 0. The van der Waals surface area contributed by atoms with Crippen molar-refractivity contribution in [3.8, 4) is 0 Å². The van der Waals surface area contributed by atoms with Gasteiger partial charge >= 0.3 is 6.18 Å².